The van der Waals surface area contributed by atoms with E-state index < -0.39 is 19.7 Å². The number of carbonyl (C=O) groups is 1. The van der Waals surface area contributed by atoms with Gasteiger partial charge in [0.25, 0.3) is 0 Å². The highest BCUT2D eigenvalue weighted by Crippen LogP contribution is 2.50. The molecule has 3 aromatic rings. The summed E-state index contributed by atoms with van der Waals surface area (Å²) >= 11 is 0. The van der Waals surface area contributed by atoms with Gasteiger partial charge in [-0.25, -0.2) is 4.79 Å². The molecule has 0 radical (unpaired) electrons. The quantitative estimate of drug-likeness (QED) is 0.266. The lowest BCUT2D eigenvalue weighted by Crippen LogP contribution is -2.24. The molecule has 7 heteroatoms. The molecule has 0 amide bonds. The van der Waals surface area contributed by atoms with Gasteiger partial charge in [0.2, 0.25) is 0 Å². The van der Waals surface area contributed by atoms with Gasteiger partial charge in [-0.1, -0.05) is 78.4 Å². The van der Waals surface area contributed by atoms with Crippen LogP contribution in [0.15, 0.2) is 84.9 Å². The van der Waals surface area contributed by atoms with Crippen molar-refractivity contribution in [3.05, 3.63) is 102 Å². The number of esters is 1. The van der Waals surface area contributed by atoms with Crippen molar-refractivity contribution in [3.8, 4) is 5.75 Å². The van der Waals surface area contributed by atoms with Crippen LogP contribution in [0.4, 0.5) is 0 Å². The molecule has 168 valence electrons. The molecular weight excluding hydrogens is 427 g/mol. The van der Waals surface area contributed by atoms with Crippen LogP contribution in [0.3, 0.4) is 0 Å². The van der Waals surface area contributed by atoms with Crippen LogP contribution in [0, 0.1) is 6.92 Å². The Morgan fingerprint density at radius 1 is 0.844 bits per heavy atom. The zero-order valence-corrected chi connectivity index (χ0v) is 19.1. The molecule has 0 fully saturated rings. The third-order valence-electron chi connectivity index (χ3n) is 4.56. The average Bonchev–Trinajstić information content (AvgIpc) is 2.82. The predicted molar refractivity (Wildman–Crippen MR) is 122 cm³/mol. The monoisotopic (exact) mass is 454 g/mol. The summed E-state index contributed by atoms with van der Waals surface area (Å²) in [5.74, 6) is -0.102. The van der Waals surface area contributed by atoms with Crippen LogP contribution >= 0.6 is 7.60 Å². The summed E-state index contributed by atoms with van der Waals surface area (Å²) in [6.45, 7) is 3.60. The first-order valence-corrected chi connectivity index (χ1v) is 12.0. The Balaban J connectivity index is 1.63. The molecule has 3 aromatic carbocycles. The number of hydrogen-bond acceptors (Lipinski definition) is 6. The van der Waals surface area contributed by atoms with Gasteiger partial charge in [0.05, 0.1) is 6.61 Å². The standard InChI is InChI=1S/C25H27O6P/c1-20-13-15-24(16-14-20)29-19-32(27,30-18-23-11-7-4-8-12-23)31-21(2)25(26)28-17-22-9-5-3-6-10-22/h3-16,21H,17-19H2,1-2H3/t21-,32?/m0/s1. The fourth-order valence-corrected chi connectivity index (χ4v) is 4.18. The number of aryl methyl sites for hydroxylation is 1. The molecule has 3 rings (SSSR count). The van der Waals surface area contributed by atoms with E-state index in [1.807, 2.05) is 79.7 Å². The van der Waals surface area contributed by atoms with Gasteiger partial charge in [0.1, 0.15) is 12.4 Å². The highest BCUT2D eigenvalue weighted by molar-refractivity contribution is 7.53. The molecule has 0 aliphatic rings. The Hall–Kier alpha value is -2.92. The minimum Gasteiger partial charge on any atom is -0.481 e. The Labute approximate surface area is 188 Å². The highest BCUT2D eigenvalue weighted by atomic mass is 31.2. The lowest BCUT2D eigenvalue weighted by molar-refractivity contribution is -0.153. The van der Waals surface area contributed by atoms with Gasteiger partial charge in [-0.05, 0) is 37.1 Å². The van der Waals surface area contributed by atoms with Crippen LogP contribution in [0.1, 0.15) is 23.6 Å². The van der Waals surface area contributed by atoms with Crippen molar-refractivity contribution in [2.45, 2.75) is 33.2 Å². The van der Waals surface area contributed by atoms with E-state index in [4.69, 9.17) is 18.5 Å². The largest absolute Gasteiger partial charge is 0.481 e. The van der Waals surface area contributed by atoms with E-state index in [1.54, 1.807) is 12.1 Å². The number of carbonyl (C=O) groups excluding carboxylic acids is 1. The van der Waals surface area contributed by atoms with Crippen molar-refractivity contribution in [3.63, 3.8) is 0 Å². The van der Waals surface area contributed by atoms with Crippen LogP contribution in [0.2, 0.25) is 0 Å². The predicted octanol–water partition coefficient (Wildman–Crippen LogP) is 5.89. The molecule has 1 unspecified atom stereocenters. The molecule has 0 bridgehead atoms. The molecular formula is C25H27O6P. The van der Waals surface area contributed by atoms with Crippen LogP contribution in [-0.4, -0.2) is 18.4 Å². The van der Waals surface area contributed by atoms with E-state index in [9.17, 15) is 9.36 Å². The second-order valence-corrected chi connectivity index (χ2v) is 9.25. The number of ether oxygens (including phenoxy) is 2. The number of hydrogen-bond donors (Lipinski definition) is 0. The van der Waals surface area contributed by atoms with Crippen LogP contribution in [0.25, 0.3) is 0 Å². The third kappa shape index (κ3) is 7.65. The van der Waals surface area contributed by atoms with Gasteiger partial charge < -0.3 is 14.0 Å². The maximum absolute atomic E-state index is 13.4. The number of benzene rings is 3. The lowest BCUT2D eigenvalue weighted by atomic mass is 10.2. The molecule has 2 atom stereocenters. The smallest absolute Gasteiger partial charge is 0.368 e. The summed E-state index contributed by atoms with van der Waals surface area (Å²) in [6, 6.07) is 25.9. The molecule has 0 aliphatic carbocycles. The van der Waals surface area contributed by atoms with Gasteiger partial charge in [0, 0.05) is 0 Å². The molecule has 0 aliphatic heterocycles. The molecule has 0 aromatic heterocycles. The Morgan fingerprint density at radius 3 is 2.00 bits per heavy atom. The minimum atomic E-state index is -3.79. The summed E-state index contributed by atoms with van der Waals surface area (Å²) in [4.78, 5) is 12.4. The molecule has 0 spiro atoms. The zero-order valence-electron chi connectivity index (χ0n) is 18.2. The summed E-state index contributed by atoms with van der Waals surface area (Å²) in [5.41, 5.74) is 2.75. The topological polar surface area (TPSA) is 71.1 Å². The first kappa shape index (κ1) is 23.7. The summed E-state index contributed by atoms with van der Waals surface area (Å²) < 4.78 is 35.6. The minimum absolute atomic E-state index is 0.0567. The van der Waals surface area contributed by atoms with Crippen molar-refractivity contribution in [1.29, 1.82) is 0 Å². The van der Waals surface area contributed by atoms with Gasteiger partial charge in [-0.15, -0.1) is 0 Å². The van der Waals surface area contributed by atoms with Gasteiger partial charge in [0.15, 0.2) is 12.5 Å². The van der Waals surface area contributed by atoms with Crippen molar-refractivity contribution < 1.29 is 27.9 Å². The number of rotatable bonds is 11. The highest BCUT2D eigenvalue weighted by Gasteiger charge is 2.32. The second kappa shape index (κ2) is 11.6. The van der Waals surface area contributed by atoms with Crippen LogP contribution in [-0.2, 0) is 36.4 Å². The molecule has 0 heterocycles. The van der Waals surface area contributed by atoms with Gasteiger partial charge in [-0.2, -0.15) is 0 Å². The fourth-order valence-electron chi connectivity index (χ4n) is 2.76. The lowest BCUT2D eigenvalue weighted by Gasteiger charge is -2.22. The SMILES string of the molecule is Cc1ccc(OCP(=O)(OCc2ccccc2)O[C@@H](C)C(=O)OCc2ccccc2)cc1. The zero-order chi connectivity index (χ0) is 22.8. The third-order valence-corrected chi connectivity index (χ3v) is 6.16. The summed E-state index contributed by atoms with van der Waals surface area (Å²) in [7, 11) is -3.79. The van der Waals surface area contributed by atoms with E-state index in [-0.39, 0.29) is 19.6 Å². The van der Waals surface area contributed by atoms with Gasteiger partial charge in [-0.3, -0.25) is 9.09 Å². The Kier molecular flexibility index (Phi) is 8.63. The van der Waals surface area contributed by atoms with Crippen molar-refractivity contribution >= 4 is 13.6 Å². The average molecular weight is 454 g/mol. The van der Waals surface area contributed by atoms with E-state index in [0.717, 1.165) is 16.7 Å². The van der Waals surface area contributed by atoms with E-state index in [2.05, 4.69) is 0 Å². The fraction of sp³-hybridized carbons (Fsp3) is 0.240. The summed E-state index contributed by atoms with van der Waals surface area (Å²) in [5, 5.41) is 0. The molecule has 0 saturated heterocycles. The van der Waals surface area contributed by atoms with Crippen molar-refractivity contribution in [2.24, 2.45) is 0 Å². The van der Waals surface area contributed by atoms with Crippen LogP contribution < -0.4 is 4.74 Å². The molecule has 6 nitrogen and oxygen atoms in total. The first-order chi connectivity index (χ1) is 15.4. The molecule has 0 N–H and O–H groups in total. The Morgan fingerprint density at radius 2 is 1.41 bits per heavy atom. The maximum Gasteiger partial charge on any atom is 0.368 e. The molecule has 0 saturated carbocycles. The normalized spacial score (nSPS) is 13.7. The van der Waals surface area contributed by atoms with Gasteiger partial charge >= 0.3 is 13.6 Å². The summed E-state index contributed by atoms with van der Waals surface area (Å²) in [6.07, 6.45) is -1.43. The van der Waals surface area contributed by atoms with E-state index in [0.29, 0.717) is 5.75 Å². The van der Waals surface area contributed by atoms with E-state index >= 15 is 0 Å². The Bertz CT molecular complexity index is 1020. The van der Waals surface area contributed by atoms with Crippen LogP contribution in [0.5, 0.6) is 5.75 Å². The van der Waals surface area contributed by atoms with E-state index in [1.165, 1.54) is 6.92 Å². The van der Waals surface area contributed by atoms with Crippen molar-refractivity contribution in [1.82, 2.24) is 0 Å². The van der Waals surface area contributed by atoms with Crippen molar-refractivity contribution in [2.75, 3.05) is 6.35 Å². The maximum atomic E-state index is 13.4. The second-order valence-electron chi connectivity index (χ2n) is 7.30. The molecule has 32 heavy (non-hydrogen) atoms. The first-order valence-electron chi connectivity index (χ1n) is 10.3.